The summed E-state index contributed by atoms with van der Waals surface area (Å²) in [5, 5.41) is 0. The molecule has 118 valence electrons. The van der Waals surface area contributed by atoms with Gasteiger partial charge in [0.2, 0.25) is 0 Å². The molecule has 0 nitrogen and oxygen atoms in total. The zero-order valence-corrected chi connectivity index (χ0v) is 13.5. The summed E-state index contributed by atoms with van der Waals surface area (Å²) in [5.41, 5.74) is 2.79. The Hall–Kier alpha value is -1.70. The van der Waals surface area contributed by atoms with Crippen LogP contribution in [-0.2, 0) is 12.8 Å². The molecule has 0 heterocycles. The Morgan fingerprint density at radius 2 is 1.45 bits per heavy atom. The fourth-order valence-corrected chi connectivity index (χ4v) is 2.71. The lowest BCUT2D eigenvalue weighted by molar-refractivity contribution is 0.498. The molecule has 0 N–H and O–H groups in total. The highest BCUT2D eigenvalue weighted by atomic mass is 19.2. The van der Waals surface area contributed by atoms with E-state index in [9.17, 15) is 8.78 Å². The molecule has 2 aromatic carbocycles. The predicted molar refractivity (Wildman–Crippen MR) is 89.0 cm³/mol. The van der Waals surface area contributed by atoms with Crippen LogP contribution in [0.2, 0.25) is 0 Å². The van der Waals surface area contributed by atoms with Gasteiger partial charge < -0.3 is 0 Å². The van der Waals surface area contributed by atoms with Gasteiger partial charge in [-0.1, -0.05) is 69.5 Å². The zero-order valence-electron chi connectivity index (χ0n) is 13.5. The van der Waals surface area contributed by atoms with Crippen LogP contribution < -0.4 is 0 Å². The average molecular weight is 302 g/mol. The van der Waals surface area contributed by atoms with E-state index in [2.05, 4.69) is 13.8 Å². The van der Waals surface area contributed by atoms with E-state index in [0.29, 0.717) is 17.5 Å². The van der Waals surface area contributed by atoms with E-state index in [4.69, 9.17) is 0 Å². The first kappa shape index (κ1) is 16.7. The number of aryl methyl sites for hydroxylation is 2. The molecule has 22 heavy (non-hydrogen) atoms. The summed E-state index contributed by atoms with van der Waals surface area (Å²) in [7, 11) is 0. The first-order valence-electron chi connectivity index (χ1n) is 8.23. The van der Waals surface area contributed by atoms with E-state index in [1.54, 1.807) is 12.1 Å². The van der Waals surface area contributed by atoms with Gasteiger partial charge in [-0.05, 0) is 36.0 Å². The van der Waals surface area contributed by atoms with Crippen LogP contribution in [0.15, 0.2) is 36.4 Å². The van der Waals surface area contributed by atoms with Crippen molar-refractivity contribution in [3.63, 3.8) is 0 Å². The molecule has 0 spiro atoms. The van der Waals surface area contributed by atoms with Crippen LogP contribution in [0.1, 0.15) is 50.7 Å². The first-order chi connectivity index (χ1) is 10.7. The number of rotatable bonds is 7. The Morgan fingerprint density at radius 1 is 0.727 bits per heavy atom. The average Bonchev–Trinajstić information content (AvgIpc) is 2.53. The van der Waals surface area contributed by atoms with Crippen molar-refractivity contribution < 1.29 is 8.78 Å². The lowest BCUT2D eigenvalue weighted by Crippen LogP contribution is -1.98. The minimum Gasteiger partial charge on any atom is -0.203 e. The Balaban J connectivity index is 2.22. The summed E-state index contributed by atoms with van der Waals surface area (Å²) in [6, 6.07) is 11.2. The maximum absolute atomic E-state index is 14.3. The first-order valence-corrected chi connectivity index (χ1v) is 8.23. The Labute approximate surface area is 132 Å². The normalized spacial score (nSPS) is 10.9. The van der Waals surface area contributed by atoms with Gasteiger partial charge in [0.1, 0.15) is 0 Å². The summed E-state index contributed by atoms with van der Waals surface area (Å²) in [5.74, 6) is -1.41. The molecule has 0 bridgehead atoms. The van der Waals surface area contributed by atoms with Gasteiger partial charge in [-0.3, -0.25) is 0 Å². The number of halogens is 2. The number of hydrogen-bond acceptors (Lipinski definition) is 0. The summed E-state index contributed by atoms with van der Waals surface area (Å²) >= 11 is 0. The number of benzene rings is 2. The van der Waals surface area contributed by atoms with E-state index in [0.717, 1.165) is 37.7 Å². The van der Waals surface area contributed by atoms with E-state index in [1.807, 2.05) is 24.3 Å². The Morgan fingerprint density at radius 3 is 2.09 bits per heavy atom. The quantitative estimate of drug-likeness (QED) is 0.525. The van der Waals surface area contributed by atoms with Gasteiger partial charge in [-0.25, -0.2) is 8.78 Å². The Kier molecular flexibility index (Phi) is 6.11. The minimum absolute atomic E-state index is 0.347. The third-order valence-electron chi connectivity index (χ3n) is 4.02. The van der Waals surface area contributed by atoms with Crippen LogP contribution in [-0.4, -0.2) is 0 Å². The molecule has 0 aliphatic heterocycles. The van der Waals surface area contributed by atoms with Crippen LogP contribution in [0.25, 0.3) is 11.1 Å². The van der Waals surface area contributed by atoms with Gasteiger partial charge in [0.05, 0.1) is 0 Å². The van der Waals surface area contributed by atoms with Crippen molar-refractivity contribution in [2.45, 2.75) is 52.4 Å². The van der Waals surface area contributed by atoms with Crippen molar-refractivity contribution in [2.75, 3.05) is 0 Å². The van der Waals surface area contributed by atoms with Crippen LogP contribution >= 0.6 is 0 Å². The van der Waals surface area contributed by atoms with Crippen LogP contribution in [0.3, 0.4) is 0 Å². The zero-order chi connectivity index (χ0) is 15.9. The van der Waals surface area contributed by atoms with Crippen LogP contribution in [0.4, 0.5) is 8.78 Å². The number of unbranched alkanes of at least 4 members (excludes halogenated alkanes) is 2. The second kappa shape index (κ2) is 8.07. The predicted octanol–water partition coefficient (Wildman–Crippen LogP) is 6.32. The maximum atomic E-state index is 14.3. The topological polar surface area (TPSA) is 0 Å². The van der Waals surface area contributed by atoms with Crippen molar-refractivity contribution in [3.05, 3.63) is 59.2 Å². The molecular formula is C20H24F2. The second-order valence-electron chi connectivity index (χ2n) is 5.80. The molecule has 0 saturated heterocycles. The van der Waals surface area contributed by atoms with Gasteiger partial charge in [0.15, 0.2) is 11.6 Å². The highest BCUT2D eigenvalue weighted by Gasteiger charge is 2.14. The largest absolute Gasteiger partial charge is 0.203 e. The van der Waals surface area contributed by atoms with E-state index in [1.165, 1.54) is 5.56 Å². The maximum Gasteiger partial charge on any atom is 0.166 e. The molecule has 0 amide bonds. The molecule has 0 aliphatic rings. The lowest BCUT2D eigenvalue weighted by Gasteiger charge is -2.09. The van der Waals surface area contributed by atoms with E-state index >= 15 is 0 Å². The fourth-order valence-electron chi connectivity index (χ4n) is 2.71. The second-order valence-corrected chi connectivity index (χ2v) is 5.80. The van der Waals surface area contributed by atoms with Crippen LogP contribution in [0.5, 0.6) is 0 Å². The summed E-state index contributed by atoms with van der Waals surface area (Å²) in [6.07, 6.45) is 5.71. The lowest BCUT2D eigenvalue weighted by atomic mass is 9.98. The van der Waals surface area contributed by atoms with Gasteiger partial charge in [-0.15, -0.1) is 0 Å². The molecule has 2 aromatic rings. The highest BCUT2D eigenvalue weighted by Crippen LogP contribution is 2.27. The van der Waals surface area contributed by atoms with Gasteiger partial charge in [-0.2, -0.15) is 0 Å². The summed E-state index contributed by atoms with van der Waals surface area (Å²) < 4.78 is 28.5. The third kappa shape index (κ3) is 3.94. The molecular weight excluding hydrogens is 278 g/mol. The molecule has 0 aliphatic carbocycles. The van der Waals surface area contributed by atoms with Crippen LogP contribution in [0, 0.1) is 11.6 Å². The van der Waals surface area contributed by atoms with Crippen molar-refractivity contribution in [1.29, 1.82) is 0 Å². The standard InChI is InChI=1S/C20H24F2/c1-3-5-6-8-17-13-14-18(20(22)19(17)21)16-11-9-15(7-4-2)10-12-16/h9-14H,3-8H2,1-2H3. The van der Waals surface area contributed by atoms with Gasteiger partial charge in [0.25, 0.3) is 0 Å². The summed E-state index contributed by atoms with van der Waals surface area (Å²) in [4.78, 5) is 0. The van der Waals surface area contributed by atoms with Crippen molar-refractivity contribution in [1.82, 2.24) is 0 Å². The van der Waals surface area contributed by atoms with Gasteiger partial charge >= 0.3 is 0 Å². The third-order valence-corrected chi connectivity index (χ3v) is 4.02. The SMILES string of the molecule is CCCCCc1ccc(-c2ccc(CCC)cc2)c(F)c1F. The van der Waals surface area contributed by atoms with Crippen molar-refractivity contribution in [3.8, 4) is 11.1 Å². The van der Waals surface area contributed by atoms with Crippen molar-refractivity contribution >= 4 is 0 Å². The molecule has 0 saturated carbocycles. The molecule has 2 heteroatoms. The highest BCUT2D eigenvalue weighted by molar-refractivity contribution is 5.65. The number of hydrogen-bond donors (Lipinski definition) is 0. The molecule has 0 radical (unpaired) electrons. The van der Waals surface area contributed by atoms with E-state index in [-0.39, 0.29) is 0 Å². The summed E-state index contributed by atoms with van der Waals surface area (Å²) in [6.45, 7) is 4.22. The molecule has 0 atom stereocenters. The minimum atomic E-state index is -0.725. The molecule has 0 fully saturated rings. The molecule has 0 aromatic heterocycles. The van der Waals surface area contributed by atoms with E-state index < -0.39 is 11.6 Å². The Bertz CT molecular complexity index is 600. The smallest absolute Gasteiger partial charge is 0.166 e. The fraction of sp³-hybridized carbons (Fsp3) is 0.400. The molecule has 2 rings (SSSR count). The molecule has 0 unspecified atom stereocenters. The van der Waals surface area contributed by atoms with Crippen molar-refractivity contribution in [2.24, 2.45) is 0 Å². The van der Waals surface area contributed by atoms with Gasteiger partial charge in [0, 0.05) is 5.56 Å². The monoisotopic (exact) mass is 302 g/mol.